The van der Waals surface area contributed by atoms with Gasteiger partial charge in [-0.25, -0.2) is 22.8 Å². The lowest BCUT2D eigenvalue weighted by Crippen LogP contribution is -2.41. The van der Waals surface area contributed by atoms with E-state index in [9.17, 15) is 23.3 Å². The van der Waals surface area contributed by atoms with Gasteiger partial charge in [-0.1, -0.05) is 12.1 Å². The molecule has 1 heterocycles. The number of nitrogens with zero attached hydrogens (tertiary/aromatic N) is 3. The molecule has 0 radical (unpaired) electrons. The zero-order valence-corrected chi connectivity index (χ0v) is 10.1. The van der Waals surface area contributed by atoms with E-state index in [1.165, 1.54) is 24.3 Å². The van der Waals surface area contributed by atoms with Crippen LogP contribution < -0.4 is 0 Å². The molecule has 1 amide bonds. The van der Waals surface area contributed by atoms with E-state index in [4.69, 9.17) is 0 Å². The number of carbonyl (C=O) groups is 1. The Kier molecular flexibility index (Phi) is 2.70. The summed E-state index contributed by atoms with van der Waals surface area (Å²) in [7, 11) is -2.90. The van der Waals surface area contributed by atoms with E-state index in [1.54, 1.807) is 0 Å². The third-order valence-corrected chi connectivity index (χ3v) is 4.30. The van der Waals surface area contributed by atoms with Gasteiger partial charge in [0.05, 0.1) is 12.6 Å². The smallest absolute Gasteiger partial charge is 0.268 e. The van der Waals surface area contributed by atoms with E-state index in [1.807, 2.05) is 0 Å². The third kappa shape index (κ3) is 1.68. The molecular formula is C9H9N3O5S. The van der Waals surface area contributed by atoms with Gasteiger partial charge in [0.25, 0.3) is 15.9 Å². The zero-order chi connectivity index (χ0) is 13.5. The normalized spacial score (nSPS) is 16.5. The molecule has 2 rings (SSSR count). The summed E-state index contributed by atoms with van der Waals surface area (Å²) in [5, 5.41) is 10.2. The van der Waals surface area contributed by atoms with Crippen LogP contribution in [0.3, 0.4) is 0 Å². The first-order valence-corrected chi connectivity index (χ1v) is 6.31. The van der Waals surface area contributed by atoms with Gasteiger partial charge in [0, 0.05) is 0 Å². The first-order chi connectivity index (χ1) is 8.35. The molecule has 0 saturated heterocycles. The molecule has 0 atom stereocenters. The van der Waals surface area contributed by atoms with Gasteiger partial charge in [0.2, 0.25) is 0 Å². The van der Waals surface area contributed by atoms with E-state index in [0.29, 0.717) is 9.31 Å². The second kappa shape index (κ2) is 3.95. The molecule has 0 unspecified atom stereocenters. The Balaban J connectivity index is 2.43. The summed E-state index contributed by atoms with van der Waals surface area (Å²) in [6.45, 7) is -0.622. The summed E-state index contributed by atoms with van der Waals surface area (Å²) in [5.74, 6) is -0.751. The standard InChI is InChI=1S/C9H9N3O5S/c1-10(12(14)15)6-11-9(13)7-4-2-3-5-8(7)18(11,16)17/h2-5H,6H2,1H3. The third-order valence-electron chi connectivity index (χ3n) is 2.52. The topological polar surface area (TPSA) is 101 Å². The number of hydrogen-bond acceptors (Lipinski definition) is 5. The summed E-state index contributed by atoms with van der Waals surface area (Å²) in [4.78, 5) is 22.2. The number of nitro groups is 1. The molecule has 18 heavy (non-hydrogen) atoms. The average molecular weight is 271 g/mol. The fourth-order valence-electron chi connectivity index (χ4n) is 1.61. The maximum Gasteiger partial charge on any atom is 0.270 e. The molecule has 9 heteroatoms. The summed E-state index contributed by atoms with van der Waals surface area (Å²) in [6.07, 6.45) is 0. The Labute approximate surface area is 103 Å². The Morgan fingerprint density at radius 1 is 1.39 bits per heavy atom. The van der Waals surface area contributed by atoms with Crippen molar-refractivity contribution < 1.29 is 18.2 Å². The summed E-state index contributed by atoms with van der Waals surface area (Å²) in [5.41, 5.74) is 0.0363. The number of fused-ring (bicyclic) bond motifs is 1. The fourth-order valence-corrected chi connectivity index (χ4v) is 3.17. The molecule has 1 aliphatic rings. The van der Waals surface area contributed by atoms with Crippen molar-refractivity contribution in [2.75, 3.05) is 13.7 Å². The predicted octanol–water partition coefficient (Wildman–Crippen LogP) is -0.0879. The maximum absolute atomic E-state index is 12.0. The van der Waals surface area contributed by atoms with E-state index in [-0.39, 0.29) is 10.5 Å². The lowest BCUT2D eigenvalue weighted by molar-refractivity contribution is -0.651. The summed E-state index contributed by atoms with van der Waals surface area (Å²) in [6, 6.07) is 5.70. The summed E-state index contributed by atoms with van der Waals surface area (Å²) < 4.78 is 24.5. The maximum atomic E-state index is 12.0. The Hall–Kier alpha value is -2.16. The number of hydrazine groups is 1. The highest BCUT2D eigenvalue weighted by Gasteiger charge is 2.42. The highest BCUT2D eigenvalue weighted by molar-refractivity contribution is 7.90. The average Bonchev–Trinajstić information content (AvgIpc) is 2.51. The van der Waals surface area contributed by atoms with Crippen LogP contribution in [0.2, 0.25) is 0 Å². The Bertz CT molecular complexity index is 627. The van der Waals surface area contributed by atoms with Crippen molar-refractivity contribution in [1.29, 1.82) is 0 Å². The van der Waals surface area contributed by atoms with E-state index >= 15 is 0 Å². The summed E-state index contributed by atoms with van der Waals surface area (Å²) >= 11 is 0. The molecule has 0 bridgehead atoms. The quantitative estimate of drug-likeness (QED) is 0.562. The monoisotopic (exact) mass is 271 g/mol. The Morgan fingerprint density at radius 2 is 2.00 bits per heavy atom. The van der Waals surface area contributed by atoms with Crippen molar-refractivity contribution in [2.45, 2.75) is 4.90 Å². The molecule has 0 aliphatic carbocycles. The van der Waals surface area contributed by atoms with Crippen LogP contribution in [0.25, 0.3) is 0 Å². The van der Waals surface area contributed by atoms with Crippen molar-refractivity contribution in [1.82, 2.24) is 9.31 Å². The minimum absolute atomic E-state index is 0.0363. The molecule has 0 saturated carbocycles. The SMILES string of the molecule is CN(CN1C(=O)c2ccccc2S1(=O)=O)[N+](=O)[O-]. The van der Waals surface area contributed by atoms with Crippen molar-refractivity contribution in [2.24, 2.45) is 0 Å². The molecule has 0 N–H and O–H groups in total. The van der Waals surface area contributed by atoms with Crippen molar-refractivity contribution >= 4 is 15.9 Å². The van der Waals surface area contributed by atoms with Gasteiger partial charge < -0.3 is 0 Å². The number of rotatable bonds is 3. The minimum Gasteiger partial charge on any atom is -0.268 e. The first kappa shape index (κ1) is 12.3. The molecule has 1 aliphatic heterocycles. The zero-order valence-electron chi connectivity index (χ0n) is 9.31. The van der Waals surface area contributed by atoms with Gasteiger partial charge in [-0.15, -0.1) is 5.01 Å². The molecule has 1 aromatic rings. The molecule has 8 nitrogen and oxygen atoms in total. The van der Waals surface area contributed by atoms with Crippen LogP contribution in [0.5, 0.6) is 0 Å². The van der Waals surface area contributed by atoms with Crippen molar-refractivity contribution in [3.63, 3.8) is 0 Å². The second-order valence-corrected chi connectivity index (χ2v) is 5.52. The van der Waals surface area contributed by atoms with E-state index < -0.39 is 27.6 Å². The molecule has 0 fully saturated rings. The number of amides is 1. The number of benzene rings is 1. The van der Waals surface area contributed by atoms with Gasteiger partial charge >= 0.3 is 0 Å². The highest BCUT2D eigenvalue weighted by Crippen LogP contribution is 2.29. The first-order valence-electron chi connectivity index (χ1n) is 4.87. The van der Waals surface area contributed by atoms with Gasteiger partial charge in [-0.05, 0) is 12.1 Å². The van der Waals surface area contributed by atoms with Crippen molar-refractivity contribution in [3.05, 3.63) is 39.9 Å². The number of hydrogen-bond donors (Lipinski definition) is 0. The van der Waals surface area contributed by atoms with Gasteiger partial charge in [-0.2, -0.15) is 0 Å². The van der Waals surface area contributed by atoms with Crippen LogP contribution in [-0.2, 0) is 10.0 Å². The van der Waals surface area contributed by atoms with Crippen LogP contribution in [0.4, 0.5) is 0 Å². The molecule has 96 valence electrons. The Morgan fingerprint density at radius 3 is 2.56 bits per heavy atom. The highest BCUT2D eigenvalue weighted by atomic mass is 32.2. The molecule has 1 aromatic carbocycles. The van der Waals surface area contributed by atoms with Gasteiger partial charge in [0.1, 0.15) is 4.90 Å². The predicted molar refractivity (Wildman–Crippen MR) is 59.4 cm³/mol. The van der Waals surface area contributed by atoms with Crippen LogP contribution in [0.1, 0.15) is 10.4 Å². The van der Waals surface area contributed by atoms with Crippen LogP contribution in [0, 0.1) is 10.1 Å². The van der Waals surface area contributed by atoms with Gasteiger partial charge in [0.15, 0.2) is 11.7 Å². The van der Waals surface area contributed by atoms with Crippen LogP contribution in [-0.4, -0.2) is 42.4 Å². The number of sulfonamides is 1. The fraction of sp³-hybridized carbons (Fsp3) is 0.222. The van der Waals surface area contributed by atoms with Gasteiger partial charge in [-0.3, -0.25) is 4.79 Å². The van der Waals surface area contributed by atoms with E-state index in [0.717, 1.165) is 7.05 Å². The molecule has 0 aromatic heterocycles. The van der Waals surface area contributed by atoms with Crippen LogP contribution >= 0.6 is 0 Å². The lowest BCUT2D eigenvalue weighted by Gasteiger charge is -2.17. The second-order valence-electron chi connectivity index (χ2n) is 3.69. The largest absolute Gasteiger partial charge is 0.270 e. The van der Waals surface area contributed by atoms with Crippen LogP contribution in [0.15, 0.2) is 29.2 Å². The molecular weight excluding hydrogens is 262 g/mol. The number of carbonyl (C=O) groups excluding carboxylic acids is 1. The van der Waals surface area contributed by atoms with E-state index in [2.05, 4.69) is 0 Å². The minimum atomic E-state index is -3.99. The molecule has 0 spiro atoms. The van der Waals surface area contributed by atoms with Crippen molar-refractivity contribution in [3.8, 4) is 0 Å². The lowest BCUT2D eigenvalue weighted by atomic mass is 10.2.